The van der Waals surface area contributed by atoms with Gasteiger partial charge in [0.1, 0.15) is 0 Å². The van der Waals surface area contributed by atoms with Gasteiger partial charge in [0, 0.05) is 0 Å². The molecule has 0 atom stereocenters. The van der Waals surface area contributed by atoms with Crippen LogP contribution in [0.5, 0.6) is 0 Å². The first kappa shape index (κ1) is 30.4. The quantitative estimate of drug-likeness (QED) is 0.159. The van der Waals surface area contributed by atoms with Crippen LogP contribution in [0.1, 0.15) is 37.8 Å². The zero-order valence-corrected chi connectivity index (χ0v) is 27.3. The summed E-state index contributed by atoms with van der Waals surface area (Å²) in [5.41, 5.74) is 8.20. The van der Waals surface area contributed by atoms with E-state index in [1.54, 1.807) is 0 Å². The molecule has 204 valence electrons. The molecule has 0 fully saturated rings. The Hall–Kier alpha value is -2.57. The molecule has 0 heterocycles. The predicted molar refractivity (Wildman–Crippen MR) is 177 cm³/mol. The summed E-state index contributed by atoms with van der Waals surface area (Å²) in [5, 5.41) is 5.49. The van der Waals surface area contributed by atoms with Gasteiger partial charge in [-0.2, -0.15) is 12.1 Å². The number of halogens is 2. The van der Waals surface area contributed by atoms with E-state index in [2.05, 4.69) is 139 Å². The molecule has 40 heavy (non-hydrogen) atoms. The second-order valence-corrected chi connectivity index (χ2v) is 18.1. The third-order valence-corrected chi connectivity index (χ3v) is 6.87. The number of aryl methyl sites for hydroxylation is 2. The van der Waals surface area contributed by atoms with Crippen molar-refractivity contribution in [1.29, 1.82) is 0 Å². The second kappa shape index (κ2) is 15.4. The molecule has 0 unspecified atom stereocenters. The van der Waals surface area contributed by atoms with Crippen LogP contribution in [0, 0.1) is 0 Å². The van der Waals surface area contributed by atoms with E-state index in [1.165, 1.54) is 80.6 Å². The fourth-order valence-corrected chi connectivity index (χ4v) is 5.20. The van der Waals surface area contributed by atoms with Gasteiger partial charge in [-0.1, -0.05) is 111 Å². The van der Waals surface area contributed by atoms with Crippen molar-refractivity contribution in [2.24, 2.45) is 0 Å². The molecule has 0 aromatic heterocycles. The Morgan fingerprint density at radius 3 is 1.30 bits per heavy atom. The summed E-state index contributed by atoms with van der Waals surface area (Å²) in [5.74, 6) is 0. The van der Waals surface area contributed by atoms with Crippen LogP contribution in [0.15, 0.2) is 121 Å². The molecule has 0 spiro atoms. The molecule has 0 aliphatic carbocycles. The predicted octanol–water partition coefficient (Wildman–Crippen LogP) is 11.7. The molecule has 0 N–H and O–H groups in total. The summed E-state index contributed by atoms with van der Waals surface area (Å²) in [6.07, 6.45) is 4.75. The van der Waals surface area contributed by atoms with Crippen molar-refractivity contribution in [1.82, 2.24) is 0 Å². The van der Waals surface area contributed by atoms with Crippen molar-refractivity contribution in [3.63, 3.8) is 0 Å². The molecule has 0 aliphatic heterocycles. The molecular weight excluding hydrogens is 607 g/mol. The van der Waals surface area contributed by atoms with Crippen LogP contribution in [0.2, 0.25) is 0 Å². The summed E-state index contributed by atoms with van der Waals surface area (Å²) in [7, 11) is 10.3. The van der Waals surface area contributed by atoms with Gasteiger partial charge in [-0.15, -0.1) is 69.1 Å². The maximum absolute atomic E-state index is 5.13. The Morgan fingerprint density at radius 2 is 0.950 bits per heavy atom. The first-order valence-corrected chi connectivity index (χ1v) is 22.0. The van der Waals surface area contributed by atoms with Gasteiger partial charge in [-0.25, -0.2) is 0 Å². The van der Waals surface area contributed by atoms with Crippen molar-refractivity contribution in [2.45, 2.75) is 39.5 Å². The van der Waals surface area contributed by atoms with Gasteiger partial charge in [0.15, 0.2) is 0 Å². The standard InChI is InChI=1S/2C18H17.CH2.2ClH.Zr/c2*1-2-7-14-12-16-10-6-11-17(18(16)13-14)15-8-4-3-5-9-15;;;;/h2*3-6,8-13H,2,7H2,1H3;1H2;2*1H;/q2*-1;;;;+2/p-2. The number of benzene rings is 4. The Labute approximate surface area is 254 Å². The van der Waals surface area contributed by atoms with Gasteiger partial charge in [0.2, 0.25) is 0 Å². The molecule has 6 rings (SSSR count). The number of fused-ring (bicyclic) bond motifs is 2. The number of hydrogen-bond acceptors (Lipinski definition) is 0. The molecule has 3 heteroatoms. The number of rotatable bonds is 6. The monoisotopic (exact) mass is 640 g/mol. The summed E-state index contributed by atoms with van der Waals surface area (Å²) >= 11 is -1.85. The summed E-state index contributed by atoms with van der Waals surface area (Å²) in [6, 6.07) is 43.8. The normalized spacial score (nSPS) is 10.5. The Kier molecular flexibility index (Phi) is 11.7. The zero-order chi connectivity index (χ0) is 28.3. The Morgan fingerprint density at radius 1 is 0.575 bits per heavy atom. The second-order valence-electron chi connectivity index (χ2n) is 9.91. The van der Waals surface area contributed by atoms with E-state index in [0.29, 0.717) is 0 Å². The molecule has 0 amide bonds. The van der Waals surface area contributed by atoms with Gasteiger partial charge < -0.3 is 0 Å². The molecule has 0 radical (unpaired) electrons. The van der Waals surface area contributed by atoms with Crippen LogP contribution in [0.3, 0.4) is 0 Å². The molecule has 0 aliphatic rings. The number of hydrogen-bond donors (Lipinski definition) is 0. The van der Waals surface area contributed by atoms with E-state index in [-0.39, 0.29) is 0 Å². The summed E-state index contributed by atoms with van der Waals surface area (Å²) in [4.78, 5) is 0. The molecular formula is C37H36Cl2Zr-2. The fraction of sp³-hybridized carbons (Fsp3) is 0.162. The molecule has 6 aromatic carbocycles. The molecule has 0 saturated carbocycles. The topological polar surface area (TPSA) is 0 Å². The first-order chi connectivity index (χ1) is 19.5. The van der Waals surface area contributed by atoms with Crippen molar-refractivity contribution >= 4 is 42.8 Å². The summed E-state index contributed by atoms with van der Waals surface area (Å²) < 4.78 is 3.37. The average Bonchev–Trinajstić information content (AvgIpc) is 3.57. The van der Waals surface area contributed by atoms with Crippen molar-refractivity contribution in [2.75, 3.05) is 0 Å². The van der Waals surface area contributed by atoms with E-state index in [0.717, 1.165) is 0 Å². The first-order valence-electron chi connectivity index (χ1n) is 14.0. The Bertz CT molecular complexity index is 1520. The minimum atomic E-state index is -1.85. The fourth-order valence-electron chi connectivity index (χ4n) is 5.20. The van der Waals surface area contributed by atoms with E-state index >= 15 is 0 Å². The van der Waals surface area contributed by atoms with Crippen LogP contribution in [-0.2, 0) is 31.7 Å². The average molecular weight is 643 g/mol. The van der Waals surface area contributed by atoms with Crippen molar-refractivity contribution < 1.29 is 18.9 Å². The van der Waals surface area contributed by atoms with Crippen molar-refractivity contribution in [3.8, 4) is 22.3 Å². The SMILES string of the molecule is CCCc1cc2c(-c3ccccc3)cccc2[cH-]1.CCCc1cc2c(-c3ccccc3)cccc2[cH-]1.[CH2]=[Zr]([Cl])[Cl]. The van der Waals surface area contributed by atoms with Gasteiger partial charge in [0.05, 0.1) is 0 Å². The van der Waals surface area contributed by atoms with Gasteiger partial charge >= 0.3 is 40.1 Å². The zero-order valence-electron chi connectivity index (χ0n) is 23.3. The van der Waals surface area contributed by atoms with E-state index < -0.39 is 18.9 Å². The Balaban J connectivity index is 0.000000164. The van der Waals surface area contributed by atoms with E-state index in [4.69, 9.17) is 17.0 Å². The van der Waals surface area contributed by atoms with Crippen LogP contribution >= 0.6 is 17.0 Å². The van der Waals surface area contributed by atoms with Gasteiger partial charge in [-0.3, -0.25) is 0 Å². The minimum absolute atomic E-state index is 1.17. The molecule has 0 bridgehead atoms. The maximum atomic E-state index is 5.13. The molecule has 0 nitrogen and oxygen atoms in total. The summed E-state index contributed by atoms with van der Waals surface area (Å²) in [6.45, 7) is 4.46. The van der Waals surface area contributed by atoms with Crippen LogP contribution in [0.25, 0.3) is 43.8 Å². The third-order valence-electron chi connectivity index (χ3n) is 6.87. The molecule has 0 saturated heterocycles. The van der Waals surface area contributed by atoms with Crippen LogP contribution in [0.4, 0.5) is 0 Å². The van der Waals surface area contributed by atoms with Crippen LogP contribution in [-0.4, -0.2) is 4.21 Å². The third kappa shape index (κ3) is 8.23. The van der Waals surface area contributed by atoms with E-state index in [1.807, 2.05) is 0 Å². The van der Waals surface area contributed by atoms with Gasteiger partial charge in [0.25, 0.3) is 0 Å². The van der Waals surface area contributed by atoms with Crippen LogP contribution < -0.4 is 0 Å². The van der Waals surface area contributed by atoms with E-state index in [9.17, 15) is 0 Å². The van der Waals surface area contributed by atoms with Crippen molar-refractivity contribution in [3.05, 3.63) is 132 Å². The molecule has 6 aromatic rings. The van der Waals surface area contributed by atoms with Gasteiger partial charge in [-0.05, 0) is 24.0 Å².